The van der Waals surface area contributed by atoms with Gasteiger partial charge in [0.2, 0.25) is 0 Å². The minimum absolute atomic E-state index is 0.388. The fraction of sp³-hybridized carbons (Fsp3) is 0.273. The Balaban J connectivity index is 2.02. The van der Waals surface area contributed by atoms with Crippen molar-refractivity contribution in [1.82, 2.24) is 10.3 Å². The normalized spacial score (nSPS) is 10.3. The molecule has 0 saturated carbocycles. The minimum Gasteiger partial charge on any atom is -0.487 e. The largest absolute Gasteiger partial charge is 0.487 e. The average molecular weight is 204 g/mol. The Labute approximate surface area is 87.8 Å². The Morgan fingerprint density at radius 1 is 1.27 bits per heavy atom. The van der Waals surface area contributed by atoms with Gasteiger partial charge in [-0.3, -0.25) is 0 Å². The lowest BCUT2D eigenvalue weighted by Crippen LogP contribution is -1.97. The molecule has 0 unspecified atom stereocenters. The highest BCUT2D eigenvalue weighted by Gasteiger charge is 2.05. The fourth-order valence-electron chi connectivity index (χ4n) is 1.24. The van der Waals surface area contributed by atoms with Gasteiger partial charge >= 0.3 is 0 Å². The van der Waals surface area contributed by atoms with Crippen molar-refractivity contribution in [1.29, 1.82) is 0 Å². The molecule has 0 spiro atoms. The van der Waals surface area contributed by atoms with E-state index in [1.807, 2.05) is 38.1 Å². The summed E-state index contributed by atoms with van der Waals surface area (Å²) in [5.74, 6) is 0.831. The molecule has 4 heteroatoms. The van der Waals surface area contributed by atoms with Gasteiger partial charge in [-0.25, -0.2) is 4.63 Å². The molecule has 2 aromatic rings. The molecule has 0 radical (unpaired) electrons. The molecule has 0 aliphatic carbocycles. The molecule has 0 atom stereocenters. The van der Waals surface area contributed by atoms with Gasteiger partial charge in [-0.1, -0.05) is 22.4 Å². The Morgan fingerprint density at radius 2 is 2.13 bits per heavy atom. The van der Waals surface area contributed by atoms with E-state index in [0.717, 1.165) is 17.1 Å². The molecule has 15 heavy (non-hydrogen) atoms. The summed E-state index contributed by atoms with van der Waals surface area (Å²) in [5, 5.41) is 7.42. The van der Waals surface area contributed by atoms with Crippen molar-refractivity contribution in [2.24, 2.45) is 0 Å². The fourth-order valence-corrected chi connectivity index (χ4v) is 1.24. The second-order valence-corrected chi connectivity index (χ2v) is 3.40. The third-order valence-electron chi connectivity index (χ3n) is 2.11. The second kappa shape index (κ2) is 4.13. The van der Waals surface area contributed by atoms with Crippen LogP contribution in [0, 0.1) is 13.8 Å². The van der Waals surface area contributed by atoms with E-state index in [9.17, 15) is 0 Å². The van der Waals surface area contributed by atoms with Crippen LogP contribution in [0.15, 0.2) is 28.9 Å². The van der Waals surface area contributed by atoms with Crippen LogP contribution in [0.3, 0.4) is 0 Å². The lowest BCUT2D eigenvalue weighted by atomic mass is 10.2. The molecule has 1 aromatic carbocycles. The predicted molar refractivity (Wildman–Crippen MR) is 54.5 cm³/mol. The number of aryl methyl sites for hydroxylation is 2. The van der Waals surface area contributed by atoms with Crippen molar-refractivity contribution in [3.63, 3.8) is 0 Å². The number of hydrogen-bond acceptors (Lipinski definition) is 4. The van der Waals surface area contributed by atoms with Gasteiger partial charge in [0.05, 0.1) is 0 Å². The lowest BCUT2D eigenvalue weighted by molar-refractivity contribution is 0.270. The van der Waals surface area contributed by atoms with E-state index in [-0.39, 0.29) is 0 Å². The van der Waals surface area contributed by atoms with Gasteiger partial charge in [-0.2, -0.15) is 0 Å². The van der Waals surface area contributed by atoms with Crippen LogP contribution in [-0.2, 0) is 6.61 Å². The molecule has 1 aromatic heterocycles. The van der Waals surface area contributed by atoms with Crippen molar-refractivity contribution in [3.8, 4) is 5.75 Å². The van der Waals surface area contributed by atoms with Crippen molar-refractivity contribution in [2.75, 3.05) is 0 Å². The summed E-state index contributed by atoms with van der Waals surface area (Å²) in [6, 6.07) is 7.87. The van der Waals surface area contributed by atoms with Crippen LogP contribution < -0.4 is 4.74 Å². The van der Waals surface area contributed by atoms with Gasteiger partial charge in [-0.05, 0) is 31.5 Å². The summed E-state index contributed by atoms with van der Waals surface area (Å²) in [7, 11) is 0. The summed E-state index contributed by atoms with van der Waals surface area (Å²) in [4.78, 5) is 0. The zero-order valence-corrected chi connectivity index (χ0v) is 8.73. The molecule has 0 bridgehead atoms. The van der Waals surface area contributed by atoms with Crippen LogP contribution in [0.4, 0.5) is 0 Å². The highest BCUT2D eigenvalue weighted by Crippen LogP contribution is 2.14. The highest BCUT2D eigenvalue weighted by molar-refractivity contribution is 5.27. The van der Waals surface area contributed by atoms with Crippen molar-refractivity contribution in [3.05, 3.63) is 41.2 Å². The lowest BCUT2D eigenvalue weighted by Gasteiger charge is -2.04. The maximum absolute atomic E-state index is 5.55. The van der Waals surface area contributed by atoms with Gasteiger partial charge < -0.3 is 4.74 Å². The van der Waals surface area contributed by atoms with Crippen LogP contribution in [0.5, 0.6) is 5.75 Å². The number of nitrogens with zero attached hydrogens (tertiary/aromatic N) is 2. The molecular formula is C11H12N2O2. The highest BCUT2D eigenvalue weighted by atomic mass is 16.6. The van der Waals surface area contributed by atoms with Crippen LogP contribution in [0.1, 0.15) is 17.0 Å². The quantitative estimate of drug-likeness (QED) is 0.769. The number of aromatic nitrogens is 2. The molecule has 0 amide bonds. The molecule has 1 heterocycles. The minimum atomic E-state index is 0.388. The zero-order valence-electron chi connectivity index (χ0n) is 8.73. The molecule has 0 N–H and O–H groups in total. The Bertz CT molecular complexity index is 451. The maximum Gasteiger partial charge on any atom is 0.145 e. The summed E-state index contributed by atoms with van der Waals surface area (Å²) < 4.78 is 10.1. The first-order valence-electron chi connectivity index (χ1n) is 4.73. The zero-order chi connectivity index (χ0) is 10.7. The van der Waals surface area contributed by atoms with E-state index in [1.165, 1.54) is 5.56 Å². The number of rotatable bonds is 3. The third-order valence-corrected chi connectivity index (χ3v) is 2.11. The second-order valence-electron chi connectivity index (χ2n) is 3.40. The smallest absolute Gasteiger partial charge is 0.145 e. The first-order chi connectivity index (χ1) is 7.25. The first-order valence-corrected chi connectivity index (χ1v) is 4.73. The predicted octanol–water partition coefficient (Wildman–Crippen LogP) is 2.27. The summed E-state index contributed by atoms with van der Waals surface area (Å²) >= 11 is 0. The van der Waals surface area contributed by atoms with Crippen molar-refractivity contribution in [2.45, 2.75) is 20.5 Å². The molecule has 0 saturated heterocycles. The van der Waals surface area contributed by atoms with Crippen LogP contribution in [0.2, 0.25) is 0 Å². The van der Waals surface area contributed by atoms with Gasteiger partial charge in [-0.15, -0.1) is 0 Å². The number of hydrogen-bond donors (Lipinski definition) is 0. The van der Waals surface area contributed by atoms with E-state index in [4.69, 9.17) is 4.74 Å². The molecule has 4 nitrogen and oxygen atoms in total. The van der Waals surface area contributed by atoms with Crippen molar-refractivity contribution < 1.29 is 9.37 Å². The van der Waals surface area contributed by atoms with Gasteiger partial charge in [0.15, 0.2) is 0 Å². The van der Waals surface area contributed by atoms with Crippen LogP contribution >= 0.6 is 0 Å². The van der Waals surface area contributed by atoms with E-state index in [0.29, 0.717) is 6.61 Å². The maximum atomic E-state index is 5.55. The van der Waals surface area contributed by atoms with Crippen LogP contribution in [0.25, 0.3) is 0 Å². The van der Waals surface area contributed by atoms with Gasteiger partial charge in [0.25, 0.3) is 0 Å². The molecular weight excluding hydrogens is 192 g/mol. The number of ether oxygens (including phenoxy) is 1. The molecule has 2 rings (SSSR count). The molecule has 0 aliphatic heterocycles. The summed E-state index contributed by atoms with van der Waals surface area (Å²) in [6.07, 6.45) is 0. The Hall–Kier alpha value is -1.84. The Kier molecular flexibility index (Phi) is 2.67. The summed E-state index contributed by atoms with van der Waals surface area (Å²) in [5.41, 5.74) is 2.67. The standard InChI is InChI=1S/C11H12N2O2/c1-8-4-3-5-10(6-8)14-7-11-9(2)12-15-13-11/h3-6H,7H2,1-2H3. The average Bonchev–Trinajstić information content (AvgIpc) is 2.61. The van der Waals surface area contributed by atoms with Gasteiger partial charge in [0, 0.05) is 0 Å². The van der Waals surface area contributed by atoms with E-state index < -0.39 is 0 Å². The monoisotopic (exact) mass is 204 g/mol. The third kappa shape index (κ3) is 2.34. The van der Waals surface area contributed by atoms with E-state index >= 15 is 0 Å². The Morgan fingerprint density at radius 3 is 2.80 bits per heavy atom. The SMILES string of the molecule is Cc1cccc(OCc2nonc2C)c1. The van der Waals surface area contributed by atoms with E-state index in [1.54, 1.807) is 0 Å². The summed E-state index contributed by atoms with van der Waals surface area (Å²) in [6.45, 7) is 4.25. The topological polar surface area (TPSA) is 48.2 Å². The van der Waals surface area contributed by atoms with E-state index in [2.05, 4.69) is 14.9 Å². The molecule has 0 fully saturated rings. The molecule has 78 valence electrons. The first kappa shape index (κ1) is 9.71. The molecule has 0 aliphatic rings. The van der Waals surface area contributed by atoms with Crippen LogP contribution in [-0.4, -0.2) is 10.3 Å². The van der Waals surface area contributed by atoms with Gasteiger partial charge in [0.1, 0.15) is 23.7 Å². The van der Waals surface area contributed by atoms with Crippen molar-refractivity contribution >= 4 is 0 Å². The number of benzene rings is 1.